The van der Waals surface area contributed by atoms with Crippen molar-refractivity contribution in [2.24, 2.45) is 0 Å². The molecule has 0 fully saturated rings. The molecule has 0 radical (unpaired) electrons. The molecule has 2 rings (SSSR count). The van der Waals surface area contributed by atoms with E-state index in [0.717, 1.165) is 5.33 Å². The van der Waals surface area contributed by atoms with Gasteiger partial charge in [0.2, 0.25) is 0 Å². The van der Waals surface area contributed by atoms with E-state index in [-0.39, 0.29) is 0 Å². The van der Waals surface area contributed by atoms with Crippen molar-refractivity contribution in [2.45, 2.75) is 4.83 Å². The van der Waals surface area contributed by atoms with Crippen LogP contribution in [0.1, 0.15) is 11.1 Å². The van der Waals surface area contributed by atoms with Crippen molar-refractivity contribution in [3.05, 3.63) is 71.8 Å². The second kappa shape index (κ2) is 6.91. The zero-order valence-corrected chi connectivity index (χ0v) is 13.1. The van der Waals surface area contributed by atoms with Gasteiger partial charge < -0.3 is 0 Å². The van der Waals surface area contributed by atoms with E-state index in [1.54, 1.807) is 0 Å². The molecule has 2 heteroatoms. The quantitative estimate of drug-likeness (QED) is 0.503. The lowest BCUT2D eigenvalue weighted by molar-refractivity contribution is 1.33. The van der Waals surface area contributed by atoms with Crippen LogP contribution in [-0.2, 0) is 0 Å². The first-order chi connectivity index (χ1) is 8.81. The fourth-order valence-corrected chi connectivity index (χ4v) is 2.54. The number of allylic oxidation sites excluding steroid dienone is 1. The standard InChI is InChI=1S/C16H14Br2/c17-12-16(18)15(14-9-5-2-6-10-14)11-13-7-3-1-4-8-13/h1-11,16H,12H2/b15-11+. The lowest BCUT2D eigenvalue weighted by Gasteiger charge is -2.12. The zero-order valence-electron chi connectivity index (χ0n) is 9.89. The van der Waals surface area contributed by atoms with Crippen LogP contribution < -0.4 is 0 Å². The Balaban J connectivity index is 2.41. The molecule has 0 saturated heterocycles. The first kappa shape index (κ1) is 13.6. The van der Waals surface area contributed by atoms with Gasteiger partial charge in [0.1, 0.15) is 0 Å². The minimum Gasteiger partial charge on any atom is -0.0912 e. The summed E-state index contributed by atoms with van der Waals surface area (Å²) in [5, 5.41) is 0.889. The summed E-state index contributed by atoms with van der Waals surface area (Å²) in [6.07, 6.45) is 2.23. The van der Waals surface area contributed by atoms with E-state index < -0.39 is 0 Å². The maximum absolute atomic E-state index is 3.72. The molecule has 0 aliphatic rings. The van der Waals surface area contributed by atoms with Gasteiger partial charge in [0, 0.05) is 10.2 Å². The minimum atomic E-state index is 0.306. The molecule has 2 aromatic rings. The third-order valence-electron chi connectivity index (χ3n) is 2.70. The molecule has 0 spiro atoms. The smallest absolute Gasteiger partial charge is 0.0498 e. The first-order valence-electron chi connectivity index (χ1n) is 5.83. The molecular formula is C16H14Br2. The molecule has 0 amide bonds. The largest absolute Gasteiger partial charge is 0.0912 e. The third-order valence-corrected chi connectivity index (χ3v) is 5.04. The second-order valence-corrected chi connectivity index (χ2v) is 5.75. The van der Waals surface area contributed by atoms with E-state index in [0.29, 0.717) is 4.83 Å². The van der Waals surface area contributed by atoms with Crippen LogP contribution in [0.3, 0.4) is 0 Å². The van der Waals surface area contributed by atoms with Crippen molar-refractivity contribution in [1.29, 1.82) is 0 Å². The maximum atomic E-state index is 3.72. The molecule has 0 aliphatic heterocycles. The number of hydrogen-bond acceptors (Lipinski definition) is 0. The van der Waals surface area contributed by atoms with Crippen molar-refractivity contribution in [3.8, 4) is 0 Å². The third kappa shape index (κ3) is 3.56. The van der Waals surface area contributed by atoms with Gasteiger partial charge in [0.25, 0.3) is 0 Å². The van der Waals surface area contributed by atoms with Gasteiger partial charge in [-0.1, -0.05) is 92.5 Å². The number of halogens is 2. The fourth-order valence-electron chi connectivity index (χ4n) is 1.80. The predicted octanol–water partition coefficient (Wildman–Crippen LogP) is 5.39. The highest BCUT2D eigenvalue weighted by Gasteiger charge is 2.11. The predicted molar refractivity (Wildman–Crippen MR) is 87.3 cm³/mol. The summed E-state index contributed by atoms with van der Waals surface area (Å²) in [6.45, 7) is 0. The molecule has 0 aliphatic carbocycles. The van der Waals surface area contributed by atoms with Crippen molar-refractivity contribution >= 4 is 43.5 Å². The van der Waals surface area contributed by atoms with Crippen LogP contribution in [0.15, 0.2) is 60.7 Å². The lowest BCUT2D eigenvalue weighted by Crippen LogP contribution is -2.02. The van der Waals surface area contributed by atoms with Crippen molar-refractivity contribution in [1.82, 2.24) is 0 Å². The van der Waals surface area contributed by atoms with Crippen LogP contribution in [0.5, 0.6) is 0 Å². The summed E-state index contributed by atoms with van der Waals surface area (Å²) in [5.74, 6) is 0. The Morgan fingerprint density at radius 2 is 1.50 bits per heavy atom. The maximum Gasteiger partial charge on any atom is 0.0498 e. The van der Waals surface area contributed by atoms with Crippen molar-refractivity contribution in [2.75, 3.05) is 5.33 Å². The molecule has 0 heterocycles. The van der Waals surface area contributed by atoms with Crippen LogP contribution in [0.25, 0.3) is 11.6 Å². The Labute approximate surface area is 125 Å². The number of rotatable bonds is 4. The average molecular weight is 366 g/mol. The lowest BCUT2D eigenvalue weighted by atomic mass is 10.0. The highest BCUT2D eigenvalue weighted by atomic mass is 79.9. The van der Waals surface area contributed by atoms with E-state index in [1.807, 2.05) is 12.1 Å². The van der Waals surface area contributed by atoms with Gasteiger partial charge in [-0.15, -0.1) is 0 Å². The van der Waals surface area contributed by atoms with Crippen LogP contribution >= 0.6 is 31.9 Å². The Morgan fingerprint density at radius 3 is 2.06 bits per heavy atom. The van der Waals surface area contributed by atoms with Crippen LogP contribution in [0.2, 0.25) is 0 Å². The van der Waals surface area contributed by atoms with Crippen LogP contribution in [-0.4, -0.2) is 10.2 Å². The van der Waals surface area contributed by atoms with Gasteiger partial charge in [0.15, 0.2) is 0 Å². The summed E-state index contributed by atoms with van der Waals surface area (Å²) >= 11 is 7.26. The fraction of sp³-hybridized carbons (Fsp3) is 0.125. The molecule has 0 N–H and O–H groups in total. The molecular weight excluding hydrogens is 352 g/mol. The number of hydrogen-bond donors (Lipinski definition) is 0. The van der Waals surface area contributed by atoms with E-state index in [1.165, 1.54) is 16.7 Å². The molecule has 0 aromatic heterocycles. The molecule has 18 heavy (non-hydrogen) atoms. The molecule has 0 nitrogen and oxygen atoms in total. The average Bonchev–Trinajstić information content (AvgIpc) is 2.46. The Morgan fingerprint density at radius 1 is 0.944 bits per heavy atom. The Hall–Kier alpha value is -0.860. The summed E-state index contributed by atoms with van der Waals surface area (Å²) < 4.78 is 0. The monoisotopic (exact) mass is 364 g/mol. The van der Waals surface area contributed by atoms with Crippen LogP contribution in [0.4, 0.5) is 0 Å². The van der Waals surface area contributed by atoms with Gasteiger partial charge in [0.05, 0.1) is 0 Å². The highest BCUT2D eigenvalue weighted by molar-refractivity contribution is 9.12. The SMILES string of the molecule is BrCC(Br)/C(=C/c1ccccc1)c1ccccc1. The molecule has 92 valence electrons. The van der Waals surface area contributed by atoms with Gasteiger partial charge in [-0.25, -0.2) is 0 Å². The van der Waals surface area contributed by atoms with Gasteiger partial charge in [-0.05, 0) is 22.8 Å². The van der Waals surface area contributed by atoms with E-state index >= 15 is 0 Å². The van der Waals surface area contributed by atoms with Gasteiger partial charge in [-0.3, -0.25) is 0 Å². The molecule has 1 atom stereocenters. The molecule has 0 saturated carbocycles. The summed E-state index contributed by atoms with van der Waals surface area (Å²) in [5.41, 5.74) is 3.77. The summed E-state index contributed by atoms with van der Waals surface area (Å²) in [7, 11) is 0. The molecule has 1 unspecified atom stereocenters. The van der Waals surface area contributed by atoms with E-state index in [2.05, 4.69) is 86.5 Å². The highest BCUT2D eigenvalue weighted by Crippen LogP contribution is 2.27. The van der Waals surface area contributed by atoms with Crippen molar-refractivity contribution < 1.29 is 0 Å². The Kier molecular flexibility index (Phi) is 5.21. The van der Waals surface area contributed by atoms with E-state index in [9.17, 15) is 0 Å². The molecule has 0 bridgehead atoms. The zero-order chi connectivity index (χ0) is 12.8. The number of alkyl halides is 2. The van der Waals surface area contributed by atoms with Crippen molar-refractivity contribution in [3.63, 3.8) is 0 Å². The van der Waals surface area contributed by atoms with Gasteiger partial charge >= 0.3 is 0 Å². The number of benzene rings is 2. The summed E-state index contributed by atoms with van der Waals surface area (Å²) in [6, 6.07) is 20.9. The summed E-state index contributed by atoms with van der Waals surface area (Å²) in [4.78, 5) is 0.306. The topological polar surface area (TPSA) is 0 Å². The molecule has 2 aromatic carbocycles. The minimum absolute atomic E-state index is 0.306. The van der Waals surface area contributed by atoms with Gasteiger partial charge in [-0.2, -0.15) is 0 Å². The second-order valence-electron chi connectivity index (χ2n) is 4.00. The van der Waals surface area contributed by atoms with E-state index in [4.69, 9.17) is 0 Å². The van der Waals surface area contributed by atoms with Crippen LogP contribution in [0, 0.1) is 0 Å². The normalized spacial score (nSPS) is 13.3. The first-order valence-corrected chi connectivity index (χ1v) is 7.87. The Bertz CT molecular complexity index is 503.